The highest BCUT2D eigenvalue weighted by atomic mass is 127. The van der Waals surface area contributed by atoms with Gasteiger partial charge in [0, 0.05) is 11.8 Å². The Hall–Kier alpha value is -1.07. The minimum Gasteiger partial charge on any atom is -0.387 e. The number of hydrogen-bond acceptors (Lipinski definition) is 3. The molecule has 0 fully saturated rings. The maximum Gasteiger partial charge on any atom is 0.574 e. The topological polar surface area (TPSA) is 39.2 Å². The van der Waals surface area contributed by atoms with E-state index in [4.69, 9.17) is 0 Å². The summed E-state index contributed by atoms with van der Waals surface area (Å²) < 4.78 is 75.9. The van der Waals surface area contributed by atoms with Gasteiger partial charge in [-0.15, -0.1) is 13.2 Å². The number of aldehydes is 1. The van der Waals surface area contributed by atoms with Crippen LogP contribution in [0.3, 0.4) is 0 Å². The monoisotopic (exact) mass is 385 g/mol. The van der Waals surface area contributed by atoms with E-state index in [9.17, 15) is 31.1 Å². The first-order chi connectivity index (χ1) is 8.06. The average molecular weight is 385 g/mol. The van der Waals surface area contributed by atoms with Crippen molar-refractivity contribution in [2.45, 2.75) is 12.5 Å². The SMILES string of the molecule is O=Cc1cnc(OC(F)(F)F)c(I)c1C(F)(F)F. The Kier molecular flexibility index (Phi) is 4.08. The Morgan fingerprint density at radius 3 is 2.17 bits per heavy atom. The van der Waals surface area contributed by atoms with Gasteiger partial charge >= 0.3 is 12.5 Å². The molecule has 18 heavy (non-hydrogen) atoms. The first-order valence-corrected chi connectivity index (χ1v) is 5.10. The second-order valence-electron chi connectivity index (χ2n) is 2.87. The van der Waals surface area contributed by atoms with E-state index in [2.05, 4.69) is 9.72 Å². The molecular weight excluding hydrogens is 383 g/mol. The van der Waals surface area contributed by atoms with E-state index < -0.39 is 33.1 Å². The summed E-state index contributed by atoms with van der Waals surface area (Å²) in [6.45, 7) is 0. The molecule has 0 radical (unpaired) electrons. The lowest BCUT2D eigenvalue weighted by Gasteiger charge is -2.15. The Morgan fingerprint density at radius 1 is 1.22 bits per heavy atom. The summed E-state index contributed by atoms with van der Waals surface area (Å²) in [6, 6.07) is 0. The van der Waals surface area contributed by atoms with Gasteiger partial charge in [0.1, 0.15) is 0 Å². The molecule has 0 aromatic carbocycles. The third kappa shape index (κ3) is 3.46. The zero-order valence-corrected chi connectivity index (χ0v) is 10.2. The summed E-state index contributed by atoms with van der Waals surface area (Å²) in [5.74, 6) is -1.25. The summed E-state index contributed by atoms with van der Waals surface area (Å²) in [6.07, 6.45) is -9.92. The number of nitrogens with zero attached hydrogens (tertiary/aromatic N) is 1. The van der Waals surface area contributed by atoms with Crippen molar-refractivity contribution in [3.05, 3.63) is 20.9 Å². The fourth-order valence-electron chi connectivity index (χ4n) is 1.04. The van der Waals surface area contributed by atoms with E-state index in [0.29, 0.717) is 6.20 Å². The number of aromatic nitrogens is 1. The molecule has 0 N–H and O–H groups in total. The van der Waals surface area contributed by atoms with Crippen LogP contribution in [0.25, 0.3) is 0 Å². The summed E-state index contributed by atoms with van der Waals surface area (Å²) in [5.41, 5.74) is -2.37. The molecule has 1 aromatic heterocycles. The highest BCUT2D eigenvalue weighted by Gasteiger charge is 2.40. The van der Waals surface area contributed by atoms with Crippen molar-refractivity contribution in [3.8, 4) is 5.88 Å². The fraction of sp³-hybridized carbons (Fsp3) is 0.250. The van der Waals surface area contributed by atoms with E-state index in [1.165, 1.54) is 0 Å². The number of rotatable bonds is 2. The molecule has 1 heterocycles. The molecule has 0 spiro atoms. The molecule has 0 aliphatic rings. The van der Waals surface area contributed by atoms with E-state index in [-0.39, 0.29) is 6.29 Å². The fourth-order valence-corrected chi connectivity index (χ4v) is 1.91. The van der Waals surface area contributed by atoms with E-state index in [0.717, 1.165) is 22.6 Å². The summed E-state index contributed by atoms with van der Waals surface area (Å²) in [5, 5.41) is 0. The Labute approximate surface area is 109 Å². The molecule has 0 unspecified atom stereocenters. The van der Waals surface area contributed by atoms with Crippen molar-refractivity contribution in [2.24, 2.45) is 0 Å². The predicted molar refractivity (Wildman–Crippen MR) is 54.0 cm³/mol. The van der Waals surface area contributed by atoms with Crippen LogP contribution in [0.2, 0.25) is 0 Å². The standard InChI is InChI=1S/C8H2F6INO2/c9-7(10,11)4-3(2-17)1-16-6(5(4)15)18-8(12,13)14/h1-2H. The van der Waals surface area contributed by atoms with Crippen molar-refractivity contribution in [1.82, 2.24) is 4.98 Å². The van der Waals surface area contributed by atoms with E-state index in [1.54, 1.807) is 0 Å². The number of ether oxygens (including phenoxy) is 1. The molecule has 1 rings (SSSR count). The normalized spacial score (nSPS) is 12.4. The van der Waals surface area contributed by atoms with Crippen molar-refractivity contribution in [3.63, 3.8) is 0 Å². The molecule has 100 valence electrons. The molecular formula is C8H2F6INO2. The lowest BCUT2D eigenvalue weighted by atomic mass is 10.1. The average Bonchev–Trinajstić information content (AvgIpc) is 2.16. The molecule has 1 aromatic rings. The highest BCUT2D eigenvalue weighted by Crippen LogP contribution is 2.38. The van der Waals surface area contributed by atoms with Crippen molar-refractivity contribution < 1.29 is 35.9 Å². The molecule has 0 aliphatic heterocycles. The van der Waals surface area contributed by atoms with Crippen LogP contribution in [0, 0.1) is 3.57 Å². The maximum absolute atomic E-state index is 12.6. The first kappa shape index (κ1) is 15.0. The van der Waals surface area contributed by atoms with Gasteiger partial charge < -0.3 is 4.74 Å². The second-order valence-corrected chi connectivity index (χ2v) is 3.95. The minimum atomic E-state index is -5.17. The van der Waals surface area contributed by atoms with Gasteiger partial charge in [-0.25, -0.2) is 4.98 Å². The van der Waals surface area contributed by atoms with E-state index in [1.807, 2.05) is 0 Å². The molecule has 0 saturated heterocycles. The van der Waals surface area contributed by atoms with Crippen LogP contribution in [0.1, 0.15) is 15.9 Å². The first-order valence-electron chi connectivity index (χ1n) is 4.03. The smallest absolute Gasteiger partial charge is 0.387 e. The highest BCUT2D eigenvalue weighted by molar-refractivity contribution is 14.1. The molecule has 0 atom stereocenters. The molecule has 0 aliphatic carbocycles. The second kappa shape index (κ2) is 4.90. The van der Waals surface area contributed by atoms with Gasteiger partial charge in [-0.2, -0.15) is 13.2 Å². The van der Waals surface area contributed by atoms with Gasteiger partial charge in [-0.3, -0.25) is 4.79 Å². The number of hydrogen-bond donors (Lipinski definition) is 0. The number of pyridine rings is 1. The van der Waals surface area contributed by atoms with Crippen molar-refractivity contribution in [2.75, 3.05) is 0 Å². The molecule has 0 bridgehead atoms. The third-order valence-corrected chi connectivity index (χ3v) is 2.64. The molecule has 0 amide bonds. The van der Waals surface area contributed by atoms with Crippen LogP contribution >= 0.6 is 22.6 Å². The number of carbonyl (C=O) groups is 1. The van der Waals surface area contributed by atoms with E-state index >= 15 is 0 Å². The van der Waals surface area contributed by atoms with Crippen LogP contribution in [-0.2, 0) is 6.18 Å². The zero-order chi connectivity index (χ0) is 14.1. The molecule has 3 nitrogen and oxygen atoms in total. The molecule has 10 heteroatoms. The lowest BCUT2D eigenvalue weighted by molar-refractivity contribution is -0.276. The van der Waals surface area contributed by atoms with Crippen LogP contribution in [-0.4, -0.2) is 17.6 Å². The lowest BCUT2D eigenvalue weighted by Crippen LogP contribution is -2.21. The van der Waals surface area contributed by atoms with Gasteiger partial charge in [-0.1, -0.05) is 0 Å². The van der Waals surface area contributed by atoms with Crippen LogP contribution in [0.5, 0.6) is 5.88 Å². The van der Waals surface area contributed by atoms with Gasteiger partial charge in [0.2, 0.25) is 5.88 Å². The van der Waals surface area contributed by atoms with Gasteiger partial charge in [-0.05, 0) is 22.6 Å². The van der Waals surface area contributed by atoms with Crippen LogP contribution in [0.4, 0.5) is 26.3 Å². The largest absolute Gasteiger partial charge is 0.574 e. The predicted octanol–water partition coefficient (Wildman–Crippen LogP) is 3.42. The maximum atomic E-state index is 12.6. The Bertz CT molecular complexity index is 470. The quantitative estimate of drug-likeness (QED) is 0.445. The zero-order valence-electron chi connectivity index (χ0n) is 8.06. The van der Waals surface area contributed by atoms with Crippen molar-refractivity contribution in [1.29, 1.82) is 0 Å². The van der Waals surface area contributed by atoms with Gasteiger partial charge in [0.15, 0.2) is 6.29 Å². The third-order valence-electron chi connectivity index (χ3n) is 1.64. The van der Waals surface area contributed by atoms with Crippen LogP contribution < -0.4 is 4.74 Å². The summed E-state index contributed by atoms with van der Waals surface area (Å²) >= 11 is 0.989. The number of carbonyl (C=O) groups excluding carboxylic acids is 1. The van der Waals surface area contributed by atoms with Crippen molar-refractivity contribution >= 4 is 28.9 Å². The number of halogens is 7. The minimum absolute atomic E-state index is 0.143. The molecule has 0 saturated carbocycles. The Balaban J connectivity index is 3.39. The summed E-state index contributed by atoms with van der Waals surface area (Å²) in [4.78, 5) is 13.4. The summed E-state index contributed by atoms with van der Waals surface area (Å²) in [7, 11) is 0. The van der Waals surface area contributed by atoms with Gasteiger partial charge in [0.05, 0.1) is 9.13 Å². The van der Waals surface area contributed by atoms with Gasteiger partial charge in [0.25, 0.3) is 0 Å². The number of alkyl halides is 6. The Morgan fingerprint density at radius 2 is 1.78 bits per heavy atom. The van der Waals surface area contributed by atoms with Crippen LogP contribution in [0.15, 0.2) is 6.20 Å².